The molecule has 0 aliphatic rings. The molecule has 1 amide bonds. The zero-order valence-corrected chi connectivity index (χ0v) is 18.8. The summed E-state index contributed by atoms with van der Waals surface area (Å²) in [5.74, 6) is 0.844. The molecule has 0 saturated carbocycles. The number of carbonyl (C=O) groups is 1. The fourth-order valence-electron chi connectivity index (χ4n) is 3.06. The van der Waals surface area contributed by atoms with Crippen molar-refractivity contribution < 1.29 is 19.0 Å². The van der Waals surface area contributed by atoms with Crippen molar-refractivity contribution in [3.8, 4) is 11.5 Å². The fraction of sp³-hybridized carbons (Fsp3) is 0.318. The number of aromatic amines is 1. The molecule has 0 aliphatic heterocycles. The second kappa shape index (κ2) is 11.6. The molecular weight excluding hydrogens is 427 g/mol. The molecule has 1 aromatic heterocycles. The highest BCUT2D eigenvalue weighted by Crippen LogP contribution is 2.28. The largest absolute Gasteiger partial charge is 0.504 e. The third-order valence-corrected chi connectivity index (χ3v) is 4.96. The minimum absolute atomic E-state index is 0.330. The molecule has 8 heteroatoms. The molecule has 0 fully saturated rings. The molecule has 30 heavy (non-hydrogen) atoms. The van der Waals surface area contributed by atoms with Gasteiger partial charge in [0.2, 0.25) is 0 Å². The van der Waals surface area contributed by atoms with E-state index in [1.807, 2.05) is 24.4 Å². The first-order valence-electron chi connectivity index (χ1n) is 9.25. The van der Waals surface area contributed by atoms with Crippen molar-refractivity contribution in [3.63, 3.8) is 0 Å². The van der Waals surface area contributed by atoms with E-state index in [1.165, 1.54) is 0 Å². The number of methoxy groups -OCH3 is 3. The lowest BCUT2D eigenvalue weighted by Crippen LogP contribution is -2.36. The molecule has 0 aliphatic carbocycles. The molecule has 1 aromatic carbocycles. The number of halogens is 2. The summed E-state index contributed by atoms with van der Waals surface area (Å²) < 4.78 is 15.7. The predicted octanol–water partition coefficient (Wildman–Crippen LogP) is 4.67. The van der Waals surface area contributed by atoms with Gasteiger partial charge in [0.15, 0.2) is 16.3 Å². The number of hydrogen-bond acceptors (Lipinski definition) is 4. The Kier molecular flexibility index (Phi) is 9.15. The molecule has 0 unspecified atom stereocenters. The van der Waals surface area contributed by atoms with E-state index in [-0.39, 0.29) is 5.91 Å². The molecule has 2 aromatic rings. The highest BCUT2D eigenvalue weighted by Gasteiger charge is 2.22. The lowest BCUT2D eigenvalue weighted by atomic mass is 10.1. The minimum atomic E-state index is -1.15. The van der Waals surface area contributed by atoms with Crippen molar-refractivity contribution in [2.45, 2.75) is 17.8 Å². The molecule has 0 radical (unpaired) electrons. The van der Waals surface area contributed by atoms with Gasteiger partial charge in [-0.25, -0.2) is 0 Å². The van der Waals surface area contributed by atoms with Crippen molar-refractivity contribution in [2.24, 2.45) is 0 Å². The van der Waals surface area contributed by atoms with Gasteiger partial charge in [-0.3, -0.25) is 4.79 Å². The Morgan fingerprint density at radius 2 is 1.97 bits per heavy atom. The summed E-state index contributed by atoms with van der Waals surface area (Å²) in [5, 5.41) is 0. The second-order valence-electron chi connectivity index (χ2n) is 6.38. The maximum atomic E-state index is 12.6. The van der Waals surface area contributed by atoms with Gasteiger partial charge < -0.3 is 24.1 Å². The summed E-state index contributed by atoms with van der Waals surface area (Å²) in [6.45, 7) is 4.57. The number of aromatic nitrogens is 1. The van der Waals surface area contributed by atoms with Crippen LogP contribution in [0, 0.1) is 0 Å². The van der Waals surface area contributed by atoms with Crippen molar-refractivity contribution in [1.29, 1.82) is 0 Å². The van der Waals surface area contributed by atoms with Gasteiger partial charge in [0.1, 0.15) is 0 Å². The lowest BCUT2D eigenvalue weighted by molar-refractivity contribution is -0.129. The lowest BCUT2D eigenvalue weighted by Gasteiger charge is -2.24. The van der Waals surface area contributed by atoms with Crippen LogP contribution in [0.3, 0.4) is 0 Å². The molecule has 1 heterocycles. The molecule has 0 saturated heterocycles. The Balaban J connectivity index is 2.23. The summed E-state index contributed by atoms with van der Waals surface area (Å²) in [6, 6.07) is 5.50. The number of H-pyrrole nitrogens is 1. The van der Waals surface area contributed by atoms with Crippen LogP contribution in [0.2, 0.25) is 0 Å². The van der Waals surface area contributed by atoms with Crippen LogP contribution in [-0.2, 0) is 22.5 Å². The normalized spacial score (nSPS) is 11.0. The van der Waals surface area contributed by atoms with Crippen molar-refractivity contribution in [2.75, 3.05) is 27.9 Å². The third kappa shape index (κ3) is 5.97. The summed E-state index contributed by atoms with van der Waals surface area (Å²) >= 11 is 11.8. The molecule has 162 valence electrons. The maximum Gasteiger partial charge on any atom is 0.256 e. The molecule has 2 rings (SSSR count). The Bertz CT molecular complexity index is 893. The Hall–Kier alpha value is -2.57. The SMILES string of the molecule is C=Cc1[nH]cc(CCN(Cc2ccc(OC)c(OC)c2)C(=O)C(Cl)Cl)c1C=COC. The van der Waals surface area contributed by atoms with Crippen LogP contribution in [0.5, 0.6) is 11.5 Å². The number of hydrogen-bond donors (Lipinski definition) is 1. The summed E-state index contributed by atoms with van der Waals surface area (Å²) in [7, 11) is 4.72. The number of alkyl halides is 2. The first-order valence-corrected chi connectivity index (χ1v) is 10.1. The summed E-state index contributed by atoms with van der Waals surface area (Å²) in [4.78, 5) is 16.3. The Labute approximate surface area is 187 Å². The Morgan fingerprint density at radius 3 is 2.57 bits per heavy atom. The standard InChI is InChI=1S/C22H26Cl2N2O4/c1-5-18-17(9-11-28-2)16(13-25-18)8-10-26(22(27)21(23)24)14-15-6-7-19(29-3)20(12-15)30-4/h5-7,9,11-13,21,25H,1,8,10,14H2,2-4H3. The second-order valence-corrected chi connectivity index (χ2v) is 7.48. The zero-order valence-electron chi connectivity index (χ0n) is 17.3. The molecule has 6 nitrogen and oxygen atoms in total. The molecule has 1 N–H and O–H groups in total. The minimum Gasteiger partial charge on any atom is -0.504 e. The van der Waals surface area contributed by atoms with Gasteiger partial charge in [-0.2, -0.15) is 0 Å². The Morgan fingerprint density at radius 1 is 1.23 bits per heavy atom. The van der Waals surface area contributed by atoms with Crippen LogP contribution in [0.1, 0.15) is 22.4 Å². The highest BCUT2D eigenvalue weighted by atomic mass is 35.5. The highest BCUT2D eigenvalue weighted by molar-refractivity contribution is 6.53. The molecule has 0 bridgehead atoms. The van der Waals surface area contributed by atoms with E-state index in [0.717, 1.165) is 22.4 Å². The van der Waals surface area contributed by atoms with Crippen LogP contribution >= 0.6 is 23.2 Å². The number of carbonyl (C=O) groups excluding carboxylic acids is 1. The van der Waals surface area contributed by atoms with E-state index in [9.17, 15) is 4.79 Å². The number of amides is 1. The van der Waals surface area contributed by atoms with Gasteiger partial charge in [0.05, 0.1) is 27.6 Å². The number of ether oxygens (including phenoxy) is 3. The van der Waals surface area contributed by atoms with E-state index < -0.39 is 4.84 Å². The first kappa shape index (κ1) is 23.7. The van der Waals surface area contributed by atoms with Crippen molar-refractivity contribution in [1.82, 2.24) is 9.88 Å². The van der Waals surface area contributed by atoms with E-state index in [2.05, 4.69) is 11.6 Å². The number of nitrogens with zero attached hydrogens (tertiary/aromatic N) is 1. The van der Waals surface area contributed by atoms with Gasteiger partial charge in [0.25, 0.3) is 5.91 Å². The van der Waals surface area contributed by atoms with E-state index in [4.69, 9.17) is 37.4 Å². The molecule has 0 atom stereocenters. The van der Waals surface area contributed by atoms with Gasteiger partial charge in [-0.05, 0) is 41.8 Å². The van der Waals surface area contributed by atoms with E-state index in [0.29, 0.717) is 31.0 Å². The average molecular weight is 453 g/mol. The van der Waals surface area contributed by atoms with Crippen LogP contribution in [-0.4, -0.2) is 48.5 Å². The summed E-state index contributed by atoms with van der Waals surface area (Å²) in [6.07, 6.45) is 7.67. The van der Waals surface area contributed by atoms with Crippen LogP contribution in [0.15, 0.2) is 37.2 Å². The quantitative estimate of drug-likeness (QED) is 0.397. The fourth-order valence-corrected chi connectivity index (χ4v) is 3.34. The smallest absolute Gasteiger partial charge is 0.256 e. The predicted molar refractivity (Wildman–Crippen MR) is 121 cm³/mol. The number of rotatable bonds is 11. The monoisotopic (exact) mass is 452 g/mol. The maximum absolute atomic E-state index is 12.6. The van der Waals surface area contributed by atoms with E-state index in [1.54, 1.807) is 44.6 Å². The van der Waals surface area contributed by atoms with Crippen LogP contribution < -0.4 is 9.47 Å². The first-order chi connectivity index (χ1) is 14.4. The van der Waals surface area contributed by atoms with Gasteiger partial charge in [-0.15, -0.1) is 0 Å². The van der Waals surface area contributed by atoms with Gasteiger partial charge in [0, 0.05) is 30.5 Å². The van der Waals surface area contributed by atoms with Crippen molar-refractivity contribution >= 4 is 41.3 Å². The number of nitrogens with one attached hydrogen (secondary N) is 1. The topological polar surface area (TPSA) is 63.8 Å². The summed E-state index contributed by atoms with van der Waals surface area (Å²) in [5.41, 5.74) is 3.72. The average Bonchev–Trinajstić information content (AvgIpc) is 3.15. The van der Waals surface area contributed by atoms with E-state index >= 15 is 0 Å². The number of benzene rings is 1. The van der Waals surface area contributed by atoms with Gasteiger partial charge >= 0.3 is 0 Å². The van der Waals surface area contributed by atoms with Gasteiger partial charge in [-0.1, -0.05) is 35.8 Å². The van der Waals surface area contributed by atoms with Crippen LogP contribution in [0.4, 0.5) is 0 Å². The molecule has 0 spiro atoms. The molecular formula is C22H26Cl2N2O4. The zero-order chi connectivity index (χ0) is 22.1. The van der Waals surface area contributed by atoms with Crippen LogP contribution in [0.25, 0.3) is 12.2 Å². The van der Waals surface area contributed by atoms with Crippen molar-refractivity contribution in [3.05, 3.63) is 59.6 Å². The third-order valence-electron chi connectivity index (χ3n) is 4.58.